The van der Waals surface area contributed by atoms with Crippen LogP contribution in [0.3, 0.4) is 0 Å². The third-order valence-electron chi connectivity index (χ3n) is 4.09. The molecule has 1 aromatic carbocycles. The molecule has 1 aliphatic heterocycles. The van der Waals surface area contributed by atoms with E-state index in [-0.39, 0.29) is 5.91 Å². The van der Waals surface area contributed by atoms with Gasteiger partial charge in [0.2, 0.25) is 5.82 Å². The van der Waals surface area contributed by atoms with Gasteiger partial charge in [0.15, 0.2) is 0 Å². The molecule has 3 rings (SSSR count). The van der Waals surface area contributed by atoms with E-state index in [0.29, 0.717) is 23.8 Å². The number of halogens is 1. The summed E-state index contributed by atoms with van der Waals surface area (Å²) in [6.07, 6.45) is 7.81. The number of hydrogen-bond acceptors (Lipinski definition) is 4. The number of aromatic nitrogens is 2. The van der Waals surface area contributed by atoms with E-state index in [2.05, 4.69) is 10.1 Å². The lowest BCUT2D eigenvalue weighted by Crippen LogP contribution is -2.30. The fourth-order valence-electron chi connectivity index (χ4n) is 2.77. The fourth-order valence-corrected chi connectivity index (χ4v) is 2.77. The Labute approximate surface area is 151 Å². The number of carbonyl (C=O) groups is 1. The van der Waals surface area contributed by atoms with Crippen molar-refractivity contribution >= 4 is 11.5 Å². The average Bonchev–Trinajstić information content (AvgIpc) is 3.19. The molecule has 2 heterocycles. The summed E-state index contributed by atoms with van der Waals surface area (Å²) < 4.78 is 17.7. The van der Waals surface area contributed by atoms with Crippen molar-refractivity contribution in [2.75, 3.05) is 13.2 Å². The Kier molecular flexibility index (Phi) is 5.73. The molecule has 26 heavy (non-hydrogen) atoms. The minimum atomic E-state index is -0.601. The van der Waals surface area contributed by atoms with Crippen LogP contribution in [-0.4, -0.2) is 34.2 Å². The molecule has 0 saturated heterocycles. The second kappa shape index (κ2) is 8.38. The maximum atomic E-state index is 12.6. The minimum Gasteiger partial charge on any atom is -0.334 e. The highest BCUT2D eigenvalue weighted by Crippen LogP contribution is 2.26. The monoisotopic (exact) mass is 353 g/mol. The highest BCUT2D eigenvalue weighted by molar-refractivity contribution is 5.97. The van der Waals surface area contributed by atoms with Gasteiger partial charge in [-0.3, -0.25) is 4.79 Å². The Hall–Kier alpha value is -3.02. The van der Waals surface area contributed by atoms with Crippen LogP contribution in [0, 0.1) is 0 Å². The number of nitrogens with zero attached hydrogens (tertiary/aromatic N) is 3. The van der Waals surface area contributed by atoms with E-state index in [9.17, 15) is 9.18 Å². The zero-order valence-electron chi connectivity index (χ0n) is 14.6. The van der Waals surface area contributed by atoms with E-state index >= 15 is 0 Å². The van der Waals surface area contributed by atoms with Crippen LogP contribution in [0.2, 0.25) is 0 Å². The first-order valence-corrected chi connectivity index (χ1v) is 8.53. The molecule has 0 unspecified atom stereocenters. The first-order chi connectivity index (χ1) is 12.7. The Bertz CT molecular complexity index is 853. The number of benzene rings is 1. The van der Waals surface area contributed by atoms with Crippen LogP contribution in [0.25, 0.3) is 17.0 Å². The van der Waals surface area contributed by atoms with Gasteiger partial charge >= 0.3 is 0 Å². The molecule has 134 valence electrons. The van der Waals surface area contributed by atoms with Gasteiger partial charge in [-0.15, -0.1) is 0 Å². The van der Waals surface area contributed by atoms with Crippen molar-refractivity contribution in [3.8, 4) is 11.4 Å². The predicted octanol–water partition coefficient (Wildman–Crippen LogP) is 4.17. The minimum absolute atomic E-state index is 0.169. The lowest BCUT2D eigenvalue weighted by molar-refractivity contribution is -0.124. The largest absolute Gasteiger partial charge is 0.334 e. The van der Waals surface area contributed by atoms with Crippen molar-refractivity contribution < 1.29 is 13.7 Å². The lowest BCUT2D eigenvalue weighted by Gasteiger charge is -2.24. The van der Waals surface area contributed by atoms with Crippen molar-refractivity contribution in [2.24, 2.45) is 0 Å². The Morgan fingerprint density at radius 2 is 2.15 bits per heavy atom. The smallest absolute Gasteiger partial charge is 0.257 e. The van der Waals surface area contributed by atoms with Crippen LogP contribution in [0.5, 0.6) is 0 Å². The van der Waals surface area contributed by atoms with Gasteiger partial charge in [0.25, 0.3) is 11.8 Å². The number of alkyl halides is 1. The summed E-state index contributed by atoms with van der Waals surface area (Å²) in [5.74, 6) is 0.768. The van der Waals surface area contributed by atoms with E-state index in [4.69, 9.17) is 4.52 Å². The summed E-state index contributed by atoms with van der Waals surface area (Å²) >= 11 is 0. The van der Waals surface area contributed by atoms with E-state index in [1.165, 1.54) is 12.2 Å². The normalized spacial score (nSPS) is 15.4. The van der Waals surface area contributed by atoms with Gasteiger partial charge < -0.3 is 9.42 Å². The van der Waals surface area contributed by atoms with Gasteiger partial charge in [-0.2, -0.15) is 4.98 Å². The molecule has 0 spiro atoms. The molecule has 0 aliphatic carbocycles. The molecule has 0 atom stereocenters. The Morgan fingerprint density at radius 1 is 1.35 bits per heavy atom. The van der Waals surface area contributed by atoms with Crippen molar-refractivity contribution in [1.29, 1.82) is 0 Å². The van der Waals surface area contributed by atoms with Crippen LogP contribution in [0.15, 0.2) is 64.9 Å². The SMILES string of the molecule is C/C=C(\C=C/CF)C(=O)N1C=C(c2nc(-c3ccccc3)no2)CCC1. The summed E-state index contributed by atoms with van der Waals surface area (Å²) in [5.41, 5.74) is 2.15. The average molecular weight is 353 g/mol. The molecule has 0 fully saturated rings. The second-order valence-corrected chi connectivity index (χ2v) is 5.85. The molecular weight excluding hydrogens is 333 g/mol. The molecule has 1 amide bonds. The van der Waals surface area contributed by atoms with Crippen molar-refractivity contribution in [1.82, 2.24) is 15.0 Å². The third-order valence-corrected chi connectivity index (χ3v) is 4.09. The third kappa shape index (κ3) is 3.96. The summed E-state index contributed by atoms with van der Waals surface area (Å²) in [6.45, 7) is 1.76. The summed E-state index contributed by atoms with van der Waals surface area (Å²) in [4.78, 5) is 18.7. The predicted molar refractivity (Wildman–Crippen MR) is 97.5 cm³/mol. The fraction of sp³-hybridized carbons (Fsp3) is 0.250. The molecule has 2 aromatic rings. The molecule has 6 heteroatoms. The van der Waals surface area contributed by atoms with E-state index < -0.39 is 6.67 Å². The van der Waals surface area contributed by atoms with Crippen molar-refractivity contribution in [3.05, 3.63) is 66.2 Å². The number of allylic oxidation sites excluding steroid dienone is 3. The quantitative estimate of drug-likeness (QED) is 0.598. The highest BCUT2D eigenvalue weighted by Gasteiger charge is 2.22. The van der Waals surface area contributed by atoms with Gasteiger partial charge in [-0.1, -0.05) is 53.7 Å². The van der Waals surface area contributed by atoms with Crippen molar-refractivity contribution in [3.63, 3.8) is 0 Å². The maximum Gasteiger partial charge on any atom is 0.257 e. The molecular formula is C20H20FN3O2. The van der Waals surface area contributed by atoms with Crippen LogP contribution in [-0.2, 0) is 4.79 Å². The Balaban J connectivity index is 1.82. The van der Waals surface area contributed by atoms with Gasteiger partial charge in [0.05, 0.1) is 0 Å². The number of carbonyl (C=O) groups excluding carboxylic acids is 1. The second-order valence-electron chi connectivity index (χ2n) is 5.85. The standard InChI is InChI=1S/C20H20FN3O2/c1-2-15(10-6-12-21)20(25)24-13-7-11-17(14-24)19-22-18(23-26-19)16-8-4-3-5-9-16/h2-6,8-10,14H,7,11-13H2,1H3/b10-6-,15-2+. The molecule has 5 nitrogen and oxygen atoms in total. The maximum absolute atomic E-state index is 12.6. The van der Waals surface area contributed by atoms with Gasteiger partial charge in [-0.05, 0) is 19.8 Å². The molecule has 0 bridgehead atoms. The topological polar surface area (TPSA) is 59.2 Å². The zero-order chi connectivity index (χ0) is 18.4. The van der Waals surface area contributed by atoms with Crippen LogP contribution in [0.4, 0.5) is 4.39 Å². The van der Waals surface area contributed by atoms with Crippen LogP contribution in [0.1, 0.15) is 25.7 Å². The van der Waals surface area contributed by atoms with Gasteiger partial charge in [0, 0.05) is 29.5 Å². The number of amides is 1. The Morgan fingerprint density at radius 3 is 2.88 bits per heavy atom. The number of hydrogen-bond donors (Lipinski definition) is 0. The van der Waals surface area contributed by atoms with E-state index in [1.54, 1.807) is 24.1 Å². The molecule has 1 aromatic heterocycles. The first kappa shape index (κ1) is 17.8. The molecule has 0 N–H and O–H groups in total. The number of rotatable bonds is 5. The van der Waals surface area contributed by atoms with E-state index in [0.717, 1.165) is 24.0 Å². The molecule has 0 saturated carbocycles. The van der Waals surface area contributed by atoms with E-state index in [1.807, 2.05) is 30.3 Å². The van der Waals surface area contributed by atoms with Crippen LogP contribution >= 0.6 is 0 Å². The van der Waals surface area contributed by atoms with Crippen LogP contribution < -0.4 is 0 Å². The zero-order valence-corrected chi connectivity index (χ0v) is 14.6. The van der Waals surface area contributed by atoms with Crippen molar-refractivity contribution in [2.45, 2.75) is 19.8 Å². The summed E-state index contributed by atoms with van der Waals surface area (Å²) in [7, 11) is 0. The first-order valence-electron chi connectivity index (χ1n) is 8.53. The van der Waals surface area contributed by atoms with Gasteiger partial charge in [0.1, 0.15) is 6.67 Å². The highest BCUT2D eigenvalue weighted by atomic mass is 19.1. The lowest BCUT2D eigenvalue weighted by atomic mass is 10.1. The summed E-state index contributed by atoms with van der Waals surface area (Å²) in [5, 5.41) is 4.03. The van der Waals surface area contributed by atoms with Gasteiger partial charge in [-0.25, -0.2) is 4.39 Å². The molecule has 1 aliphatic rings. The molecule has 0 radical (unpaired) electrons. The summed E-state index contributed by atoms with van der Waals surface area (Å²) in [6, 6.07) is 9.57.